The van der Waals surface area contributed by atoms with E-state index in [4.69, 9.17) is 4.74 Å². The van der Waals surface area contributed by atoms with E-state index < -0.39 is 0 Å². The summed E-state index contributed by atoms with van der Waals surface area (Å²) in [5, 5.41) is 2.95. The van der Waals surface area contributed by atoms with Gasteiger partial charge in [-0.15, -0.1) is 0 Å². The van der Waals surface area contributed by atoms with Gasteiger partial charge in [0.15, 0.2) is 0 Å². The fraction of sp³-hybridized carbons (Fsp3) is 0.562. The van der Waals surface area contributed by atoms with Crippen molar-refractivity contribution >= 4 is 11.6 Å². The summed E-state index contributed by atoms with van der Waals surface area (Å²) >= 11 is 0. The highest BCUT2D eigenvalue weighted by Crippen LogP contribution is 2.23. The van der Waals surface area contributed by atoms with Gasteiger partial charge in [-0.3, -0.25) is 9.69 Å². The lowest BCUT2D eigenvalue weighted by molar-refractivity contribution is -0.122. The molecule has 0 spiro atoms. The largest absolute Gasteiger partial charge is 0.385 e. The second-order valence-electron chi connectivity index (χ2n) is 5.46. The summed E-state index contributed by atoms with van der Waals surface area (Å²) < 4.78 is 4.97. The van der Waals surface area contributed by atoms with Gasteiger partial charge in [0.25, 0.3) is 0 Å². The lowest BCUT2D eigenvalue weighted by Crippen LogP contribution is -2.39. The van der Waals surface area contributed by atoms with Gasteiger partial charge >= 0.3 is 0 Å². The fourth-order valence-corrected chi connectivity index (χ4v) is 2.59. The summed E-state index contributed by atoms with van der Waals surface area (Å²) in [6.07, 6.45) is 0.855. The second kappa shape index (κ2) is 8.00. The normalized spacial score (nSPS) is 15.4. The molecule has 5 heteroatoms. The summed E-state index contributed by atoms with van der Waals surface area (Å²) in [4.78, 5) is 16.4. The van der Waals surface area contributed by atoms with Crippen molar-refractivity contribution in [3.8, 4) is 0 Å². The maximum atomic E-state index is 12.0. The Kier molecular flexibility index (Phi) is 6.02. The Labute approximate surface area is 126 Å². The zero-order chi connectivity index (χ0) is 15.1. The van der Waals surface area contributed by atoms with Crippen molar-refractivity contribution < 1.29 is 9.53 Å². The van der Waals surface area contributed by atoms with E-state index in [1.807, 2.05) is 0 Å². The molecule has 1 amide bonds. The number of hydrogen-bond donors (Lipinski definition) is 1. The minimum atomic E-state index is 0.0909. The van der Waals surface area contributed by atoms with Gasteiger partial charge in [-0.25, -0.2) is 0 Å². The summed E-state index contributed by atoms with van der Waals surface area (Å²) in [5.74, 6) is 0.0909. The molecule has 1 aromatic carbocycles. The number of anilines is 1. The Hall–Kier alpha value is -1.59. The third-order valence-electron chi connectivity index (χ3n) is 3.76. The van der Waals surface area contributed by atoms with E-state index in [9.17, 15) is 4.79 Å². The lowest BCUT2D eigenvalue weighted by atomic mass is 10.1. The average Bonchev–Trinajstić information content (AvgIpc) is 2.64. The number of methoxy groups -OCH3 is 1. The van der Waals surface area contributed by atoms with Crippen LogP contribution < -0.4 is 10.2 Å². The van der Waals surface area contributed by atoms with E-state index in [-0.39, 0.29) is 5.91 Å². The highest BCUT2D eigenvalue weighted by atomic mass is 16.5. The minimum Gasteiger partial charge on any atom is -0.385 e. The Morgan fingerprint density at radius 2 is 2.14 bits per heavy atom. The molecule has 0 fully saturated rings. The molecule has 21 heavy (non-hydrogen) atoms. The molecule has 0 radical (unpaired) electrons. The molecule has 116 valence electrons. The van der Waals surface area contributed by atoms with Gasteiger partial charge in [-0.2, -0.15) is 0 Å². The molecule has 1 aromatic rings. The van der Waals surface area contributed by atoms with Crippen molar-refractivity contribution in [1.82, 2.24) is 10.2 Å². The van der Waals surface area contributed by atoms with Crippen molar-refractivity contribution in [2.75, 3.05) is 51.8 Å². The van der Waals surface area contributed by atoms with Crippen LogP contribution in [-0.2, 0) is 16.1 Å². The van der Waals surface area contributed by atoms with Crippen LogP contribution in [-0.4, -0.2) is 57.8 Å². The first-order chi connectivity index (χ1) is 10.2. The highest BCUT2D eigenvalue weighted by molar-refractivity contribution is 5.78. The van der Waals surface area contributed by atoms with Gasteiger partial charge in [0.1, 0.15) is 0 Å². The number of fused-ring (bicyclic) bond motifs is 1. The third-order valence-corrected chi connectivity index (χ3v) is 3.76. The number of carbonyl (C=O) groups is 1. The zero-order valence-corrected chi connectivity index (χ0v) is 13.0. The molecule has 0 bridgehead atoms. The predicted molar refractivity (Wildman–Crippen MR) is 84.5 cm³/mol. The van der Waals surface area contributed by atoms with Gasteiger partial charge in [0.05, 0.1) is 6.54 Å². The molecule has 0 aliphatic carbocycles. The van der Waals surface area contributed by atoms with Gasteiger partial charge < -0.3 is 15.0 Å². The molecule has 2 rings (SSSR count). The van der Waals surface area contributed by atoms with Crippen LogP contribution in [0.1, 0.15) is 12.0 Å². The SMILES string of the molecule is COCCCNC(=O)CN1CCN(C)c2ccccc2C1. The molecule has 0 unspecified atom stereocenters. The first-order valence-electron chi connectivity index (χ1n) is 7.47. The first kappa shape index (κ1) is 15.8. The quantitative estimate of drug-likeness (QED) is 0.797. The average molecular weight is 291 g/mol. The number of carbonyl (C=O) groups excluding carboxylic acids is 1. The molecule has 0 saturated carbocycles. The number of benzene rings is 1. The summed E-state index contributed by atoms with van der Waals surface area (Å²) in [5.41, 5.74) is 2.55. The Morgan fingerprint density at radius 3 is 2.95 bits per heavy atom. The Bertz CT molecular complexity index is 465. The maximum Gasteiger partial charge on any atom is 0.234 e. The number of nitrogens with one attached hydrogen (secondary N) is 1. The van der Waals surface area contributed by atoms with Crippen LogP contribution in [0.4, 0.5) is 5.69 Å². The molecule has 1 N–H and O–H groups in total. The van der Waals surface area contributed by atoms with Crippen LogP contribution in [0.25, 0.3) is 0 Å². The molecule has 1 aliphatic rings. The van der Waals surface area contributed by atoms with E-state index in [1.165, 1.54) is 11.3 Å². The molecule has 0 aromatic heterocycles. The van der Waals surface area contributed by atoms with Crippen molar-refractivity contribution in [3.05, 3.63) is 29.8 Å². The molecule has 1 heterocycles. The number of amides is 1. The van der Waals surface area contributed by atoms with Crippen LogP contribution >= 0.6 is 0 Å². The Balaban J connectivity index is 1.86. The Morgan fingerprint density at radius 1 is 1.33 bits per heavy atom. The lowest BCUT2D eigenvalue weighted by Gasteiger charge is -2.20. The third kappa shape index (κ3) is 4.72. The van der Waals surface area contributed by atoms with Crippen molar-refractivity contribution in [2.45, 2.75) is 13.0 Å². The number of likely N-dealkylation sites (N-methyl/N-ethyl adjacent to an activating group) is 1. The van der Waals surface area contributed by atoms with E-state index in [1.54, 1.807) is 7.11 Å². The topological polar surface area (TPSA) is 44.8 Å². The zero-order valence-electron chi connectivity index (χ0n) is 13.0. The summed E-state index contributed by atoms with van der Waals surface area (Å²) in [6.45, 7) is 4.48. The first-order valence-corrected chi connectivity index (χ1v) is 7.47. The van der Waals surface area contributed by atoms with Crippen LogP contribution in [0.2, 0.25) is 0 Å². The highest BCUT2D eigenvalue weighted by Gasteiger charge is 2.18. The number of hydrogen-bond acceptors (Lipinski definition) is 4. The molecule has 0 saturated heterocycles. The fourth-order valence-electron chi connectivity index (χ4n) is 2.59. The molecular formula is C16H25N3O2. The van der Waals surface area contributed by atoms with E-state index in [0.29, 0.717) is 19.7 Å². The van der Waals surface area contributed by atoms with Crippen molar-refractivity contribution in [1.29, 1.82) is 0 Å². The number of para-hydroxylation sites is 1. The van der Waals surface area contributed by atoms with Gasteiger partial charge in [0, 0.05) is 52.6 Å². The van der Waals surface area contributed by atoms with Crippen LogP contribution in [0.15, 0.2) is 24.3 Å². The minimum absolute atomic E-state index is 0.0909. The standard InChI is InChI=1S/C16H25N3O2/c1-18-9-10-19(12-14-6-3-4-7-15(14)18)13-16(20)17-8-5-11-21-2/h3-4,6-7H,5,8-13H2,1-2H3,(H,17,20). The van der Waals surface area contributed by atoms with Crippen LogP contribution in [0.3, 0.4) is 0 Å². The monoisotopic (exact) mass is 291 g/mol. The van der Waals surface area contributed by atoms with Gasteiger partial charge in [-0.1, -0.05) is 18.2 Å². The summed E-state index contributed by atoms with van der Waals surface area (Å²) in [7, 11) is 3.78. The molecule has 5 nitrogen and oxygen atoms in total. The maximum absolute atomic E-state index is 12.0. The summed E-state index contributed by atoms with van der Waals surface area (Å²) in [6, 6.07) is 8.40. The van der Waals surface area contributed by atoms with E-state index in [0.717, 1.165) is 26.1 Å². The molecule has 0 atom stereocenters. The number of ether oxygens (including phenoxy) is 1. The molecule has 1 aliphatic heterocycles. The van der Waals surface area contributed by atoms with Crippen LogP contribution in [0.5, 0.6) is 0 Å². The van der Waals surface area contributed by atoms with Crippen LogP contribution in [0, 0.1) is 0 Å². The van der Waals surface area contributed by atoms with E-state index in [2.05, 4.69) is 46.4 Å². The number of rotatable bonds is 6. The smallest absolute Gasteiger partial charge is 0.234 e. The predicted octanol–water partition coefficient (Wildman–Crippen LogP) is 1.09. The molecular weight excluding hydrogens is 266 g/mol. The van der Waals surface area contributed by atoms with Crippen molar-refractivity contribution in [3.63, 3.8) is 0 Å². The van der Waals surface area contributed by atoms with Gasteiger partial charge in [-0.05, 0) is 18.1 Å². The van der Waals surface area contributed by atoms with Crippen molar-refractivity contribution in [2.24, 2.45) is 0 Å². The van der Waals surface area contributed by atoms with E-state index >= 15 is 0 Å². The number of nitrogens with zero attached hydrogens (tertiary/aromatic N) is 2. The second-order valence-corrected chi connectivity index (χ2v) is 5.46. The van der Waals surface area contributed by atoms with Gasteiger partial charge in [0.2, 0.25) is 5.91 Å².